The Morgan fingerprint density at radius 1 is 0.882 bits per heavy atom. The number of amides is 2. The van der Waals surface area contributed by atoms with Gasteiger partial charge in [-0.25, -0.2) is 0 Å². The van der Waals surface area contributed by atoms with Crippen LogP contribution in [0.2, 0.25) is 5.02 Å². The van der Waals surface area contributed by atoms with E-state index in [-0.39, 0.29) is 17.9 Å². The van der Waals surface area contributed by atoms with Crippen molar-refractivity contribution >= 4 is 34.8 Å². The molecule has 1 saturated heterocycles. The standard InChI is InChI=1S/C27H28ClN3O2S/c28-23-10-5-4-9-21(23)27(33)30-14-6-13-29(16-17-30)25(32)19-31-15-11-24-22(12-18-34-24)26(31)20-7-2-1-3-8-20/h1-5,7-10,12,18,26H,6,11,13-17,19H2/t26-/m0/s1. The molecule has 1 aromatic heterocycles. The van der Waals surface area contributed by atoms with Crippen molar-refractivity contribution in [3.05, 3.63) is 92.6 Å². The summed E-state index contributed by atoms with van der Waals surface area (Å²) in [6.07, 6.45) is 1.74. The molecule has 5 nitrogen and oxygen atoms in total. The lowest BCUT2D eigenvalue weighted by molar-refractivity contribution is -0.132. The number of carbonyl (C=O) groups excluding carboxylic acids is 2. The zero-order chi connectivity index (χ0) is 23.5. The zero-order valence-corrected chi connectivity index (χ0v) is 20.6. The van der Waals surface area contributed by atoms with E-state index in [1.807, 2.05) is 39.3 Å². The summed E-state index contributed by atoms with van der Waals surface area (Å²) >= 11 is 8.05. The van der Waals surface area contributed by atoms with Gasteiger partial charge in [0, 0.05) is 37.6 Å². The van der Waals surface area contributed by atoms with E-state index in [1.54, 1.807) is 12.1 Å². The minimum absolute atomic E-state index is 0.0648. The number of nitrogens with zero attached hydrogens (tertiary/aromatic N) is 3. The Morgan fingerprint density at radius 2 is 1.62 bits per heavy atom. The maximum absolute atomic E-state index is 13.4. The molecule has 2 aliphatic heterocycles. The van der Waals surface area contributed by atoms with E-state index >= 15 is 0 Å². The largest absolute Gasteiger partial charge is 0.340 e. The lowest BCUT2D eigenvalue weighted by atomic mass is 9.93. The lowest BCUT2D eigenvalue weighted by Gasteiger charge is -2.37. The van der Waals surface area contributed by atoms with E-state index in [2.05, 4.69) is 40.6 Å². The molecule has 0 radical (unpaired) electrons. The van der Waals surface area contributed by atoms with Gasteiger partial charge in [-0.3, -0.25) is 14.5 Å². The fourth-order valence-corrected chi connectivity index (χ4v) is 6.13. The Hall–Kier alpha value is -2.67. The summed E-state index contributed by atoms with van der Waals surface area (Å²) in [4.78, 5) is 33.9. The third-order valence-corrected chi connectivity index (χ3v) is 8.09. The third kappa shape index (κ3) is 4.76. The van der Waals surface area contributed by atoms with E-state index < -0.39 is 0 Å². The molecule has 1 atom stereocenters. The highest BCUT2D eigenvalue weighted by Crippen LogP contribution is 2.37. The Kier molecular flexibility index (Phi) is 6.99. The molecule has 2 amide bonds. The van der Waals surface area contributed by atoms with Crippen molar-refractivity contribution in [2.24, 2.45) is 0 Å². The molecule has 3 aromatic rings. The van der Waals surface area contributed by atoms with Crippen LogP contribution < -0.4 is 0 Å². The second-order valence-electron chi connectivity index (χ2n) is 8.84. The quantitative estimate of drug-likeness (QED) is 0.528. The van der Waals surface area contributed by atoms with Crippen molar-refractivity contribution in [3.63, 3.8) is 0 Å². The van der Waals surface area contributed by atoms with E-state index in [9.17, 15) is 9.59 Å². The highest BCUT2D eigenvalue weighted by molar-refractivity contribution is 7.10. The number of thiophene rings is 1. The molecule has 0 aliphatic carbocycles. The molecule has 7 heteroatoms. The van der Waals surface area contributed by atoms with Crippen molar-refractivity contribution in [2.75, 3.05) is 39.3 Å². The molecular weight excluding hydrogens is 466 g/mol. The molecule has 0 N–H and O–H groups in total. The van der Waals surface area contributed by atoms with Crippen LogP contribution in [0.4, 0.5) is 0 Å². The zero-order valence-electron chi connectivity index (χ0n) is 19.0. The van der Waals surface area contributed by atoms with Gasteiger partial charge in [0.15, 0.2) is 0 Å². The van der Waals surface area contributed by atoms with Crippen LogP contribution in [0.3, 0.4) is 0 Å². The Balaban J connectivity index is 1.27. The molecule has 34 heavy (non-hydrogen) atoms. The van der Waals surface area contributed by atoms with Crippen molar-refractivity contribution < 1.29 is 9.59 Å². The summed E-state index contributed by atoms with van der Waals surface area (Å²) in [7, 11) is 0. The number of fused-ring (bicyclic) bond motifs is 1. The van der Waals surface area contributed by atoms with Crippen molar-refractivity contribution in [1.29, 1.82) is 0 Å². The monoisotopic (exact) mass is 493 g/mol. The Labute approximate surface area is 209 Å². The van der Waals surface area contributed by atoms with Crippen LogP contribution in [0.5, 0.6) is 0 Å². The molecular formula is C27H28ClN3O2S. The smallest absolute Gasteiger partial charge is 0.255 e. The van der Waals surface area contributed by atoms with Crippen LogP contribution >= 0.6 is 22.9 Å². The van der Waals surface area contributed by atoms with Crippen LogP contribution in [0.15, 0.2) is 66.0 Å². The van der Waals surface area contributed by atoms with E-state index in [4.69, 9.17) is 11.6 Å². The van der Waals surface area contributed by atoms with Gasteiger partial charge in [0.2, 0.25) is 5.91 Å². The number of halogens is 1. The maximum atomic E-state index is 13.4. The van der Waals surface area contributed by atoms with Crippen LogP contribution in [0.1, 0.15) is 38.8 Å². The lowest BCUT2D eigenvalue weighted by Crippen LogP contribution is -2.45. The van der Waals surface area contributed by atoms with Crippen molar-refractivity contribution in [3.8, 4) is 0 Å². The van der Waals surface area contributed by atoms with Gasteiger partial charge in [-0.1, -0.05) is 54.1 Å². The molecule has 0 spiro atoms. The first-order chi connectivity index (χ1) is 16.6. The summed E-state index contributed by atoms with van der Waals surface area (Å²) in [5.74, 6) is 0.0664. The second-order valence-corrected chi connectivity index (χ2v) is 10.2. The molecule has 1 fully saturated rings. The predicted molar refractivity (Wildman–Crippen MR) is 136 cm³/mol. The van der Waals surface area contributed by atoms with Gasteiger partial charge in [-0.2, -0.15) is 0 Å². The van der Waals surface area contributed by atoms with Crippen LogP contribution in [-0.4, -0.2) is 65.8 Å². The summed E-state index contributed by atoms with van der Waals surface area (Å²) in [6.45, 7) is 3.60. The molecule has 176 valence electrons. The molecule has 2 aromatic carbocycles. The Morgan fingerprint density at radius 3 is 2.44 bits per heavy atom. The molecule has 0 unspecified atom stereocenters. The molecule has 5 rings (SSSR count). The van der Waals surface area contributed by atoms with E-state index in [1.165, 1.54) is 16.0 Å². The summed E-state index contributed by atoms with van der Waals surface area (Å²) in [5.41, 5.74) is 3.07. The SMILES string of the molecule is O=C(CN1CCc2sccc2[C@@H]1c1ccccc1)N1CCCN(C(=O)c2ccccc2Cl)CC1. The topological polar surface area (TPSA) is 43.9 Å². The fraction of sp³-hybridized carbons (Fsp3) is 0.333. The highest BCUT2D eigenvalue weighted by Gasteiger charge is 2.32. The third-order valence-electron chi connectivity index (χ3n) is 6.76. The van der Waals surface area contributed by atoms with Gasteiger partial charge in [0.05, 0.1) is 23.2 Å². The number of rotatable bonds is 4. The van der Waals surface area contributed by atoms with Crippen LogP contribution in [0, 0.1) is 0 Å². The van der Waals surface area contributed by atoms with E-state index in [0.717, 1.165) is 19.4 Å². The van der Waals surface area contributed by atoms with Gasteiger partial charge in [-0.15, -0.1) is 11.3 Å². The average molecular weight is 494 g/mol. The second kappa shape index (κ2) is 10.3. The minimum Gasteiger partial charge on any atom is -0.340 e. The summed E-state index contributed by atoms with van der Waals surface area (Å²) < 4.78 is 0. The van der Waals surface area contributed by atoms with Crippen molar-refractivity contribution in [2.45, 2.75) is 18.9 Å². The Bertz CT molecular complexity index is 1170. The van der Waals surface area contributed by atoms with E-state index in [0.29, 0.717) is 43.3 Å². The first-order valence-corrected chi connectivity index (χ1v) is 13.0. The first kappa shape index (κ1) is 23.1. The highest BCUT2D eigenvalue weighted by atomic mass is 35.5. The molecule has 2 aliphatic rings. The van der Waals surface area contributed by atoms with Crippen LogP contribution in [0.25, 0.3) is 0 Å². The fourth-order valence-electron chi connectivity index (χ4n) is 5.01. The van der Waals surface area contributed by atoms with Gasteiger partial charge >= 0.3 is 0 Å². The maximum Gasteiger partial charge on any atom is 0.255 e. The number of benzene rings is 2. The number of hydrogen-bond acceptors (Lipinski definition) is 4. The summed E-state index contributed by atoms with van der Waals surface area (Å²) in [5, 5.41) is 2.63. The predicted octanol–water partition coefficient (Wildman–Crippen LogP) is 4.72. The summed E-state index contributed by atoms with van der Waals surface area (Å²) in [6, 6.07) is 19.9. The van der Waals surface area contributed by atoms with Crippen LogP contribution in [-0.2, 0) is 11.2 Å². The molecule has 0 bridgehead atoms. The van der Waals surface area contributed by atoms with Gasteiger partial charge in [-0.05, 0) is 47.5 Å². The minimum atomic E-state index is -0.0648. The average Bonchev–Trinajstić information content (AvgIpc) is 3.19. The van der Waals surface area contributed by atoms with Crippen molar-refractivity contribution in [1.82, 2.24) is 14.7 Å². The number of carbonyl (C=O) groups is 2. The number of hydrogen-bond donors (Lipinski definition) is 0. The van der Waals surface area contributed by atoms with Gasteiger partial charge in [0.1, 0.15) is 0 Å². The van der Waals surface area contributed by atoms with Gasteiger partial charge < -0.3 is 9.80 Å². The normalized spacial score (nSPS) is 18.9. The molecule has 3 heterocycles. The molecule has 0 saturated carbocycles. The van der Waals surface area contributed by atoms with Gasteiger partial charge in [0.25, 0.3) is 5.91 Å². The first-order valence-electron chi connectivity index (χ1n) is 11.8.